The molecule has 0 spiro atoms. The molecule has 1 amide bonds. The molecule has 1 fully saturated rings. The van der Waals surface area contributed by atoms with Crippen molar-refractivity contribution in [1.82, 2.24) is 4.98 Å². The van der Waals surface area contributed by atoms with E-state index in [9.17, 15) is 4.79 Å². The van der Waals surface area contributed by atoms with Gasteiger partial charge in [0, 0.05) is 11.8 Å². The summed E-state index contributed by atoms with van der Waals surface area (Å²) in [7, 11) is -1.51. The molecule has 1 saturated heterocycles. The van der Waals surface area contributed by atoms with Crippen LogP contribution in [-0.2, 0) is 15.1 Å². The van der Waals surface area contributed by atoms with Gasteiger partial charge < -0.3 is 9.47 Å². The van der Waals surface area contributed by atoms with E-state index in [1.807, 2.05) is 62.4 Å². The number of aromatic nitrogens is 1. The lowest BCUT2D eigenvalue weighted by Gasteiger charge is -2.51. The smallest absolute Gasteiger partial charge is 0.416 e. The van der Waals surface area contributed by atoms with Crippen molar-refractivity contribution in [3.05, 3.63) is 95.7 Å². The third kappa shape index (κ3) is 6.11. The number of hydrogen-bond acceptors (Lipinski definition) is 4. The molecule has 3 aromatic rings. The van der Waals surface area contributed by atoms with E-state index >= 15 is 0 Å². The van der Waals surface area contributed by atoms with Gasteiger partial charge >= 0.3 is 6.09 Å². The molecular weight excluding hydrogens is 500 g/mol. The van der Waals surface area contributed by atoms with Gasteiger partial charge in [0.1, 0.15) is 31.2 Å². The molecule has 0 saturated carbocycles. The third-order valence-corrected chi connectivity index (χ3v) is 7.91. The topological polar surface area (TPSA) is 51.7 Å². The molecule has 1 aliphatic rings. The van der Waals surface area contributed by atoms with E-state index in [2.05, 4.69) is 81.1 Å². The first-order valence-electron chi connectivity index (χ1n) is 13.5. The number of carbonyl (C=O) groups is 1. The van der Waals surface area contributed by atoms with Gasteiger partial charge in [-0.3, -0.25) is 4.90 Å². The van der Waals surface area contributed by atoms with Crippen LogP contribution in [0.4, 0.5) is 10.6 Å². The second kappa shape index (κ2) is 10.6. The summed E-state index contributed by atoms with van der Waals surface area (Å²) in [4.78, 5) is 19.3. The zero-order valence-corrected chi connectivity index (χ0v) is 25.4. The average molecular weight is 541 g/mol. The summed E-state index contributed by atoms with van der Waals surface area (Å²) >= 11 is 0. The van der Waals surface area contributed by atoms with Crippen molar-refractivity contribution in [3.63, 3.8) is 0 Å². The van der Waals surface area contributed by atoms with Gasteiger partial charge in [-0.1, -0.05) is 107 Å². The maximum Gasteiger partial charge on any atom is 0.416 e. The quantitative estimate of drug-likeness (QED) is 0.250. The highest BCUT2D eigenvalue weighted by atomic mass is 28.3. The van der Waals surface area contributed by atoms with Crippen molar-refractivity contribution >= 4 is 20.0 Å². The minimum atomic E-state index is -1.51. The molecule has 1 aromatic heterocycles. The Morgan fingerprint density at radius 1 is 0.949 bits per heavy atom. The number of hydrogen-bond donors (Lipinski definition) is 0. The number of nitrogens with zero attached hydrogens (tertiary/aromatic N) is 2. The molecule has 39 heavy (non-hydrogen) atoms. The van der Waals surface area contributed by atoms with Crippen molar-refractivity contribution in [3.8, 4) is 11.5 Å². The highest BCUT2D eigenvalue weighted by molar-refractivity contribution is 6.83. The van der Waals surface area contributed by atoms with Gasteiger partial charge in [-0.15, -0.1) is 5.54 Å². The van der Waals surface area contributed by atoms with Crippen LogP contribution in [0.5, 0.6) is 0 Å². The number of rotatable bonds is 5. The van der Waals surface area contributed by atoms with Gasteiger partial charge in [-0.2, -0.15) is 0 Å². The predicted octanol–water partition coefficient (Wildman–Crippen LogP) is 7.42. The zero-order chi connectivity index (χ0) is 28.5. The molecule has 6 heteroatoms. The van der Waals surface area contributed by atoms with Crippen LogP contribution in [0.15, 0.2) is 79.0 Å². The number of ether oxygens (including phenoxy) is 2. The fourth-order valence-corrected chi connectivity index (χ4v) is 5.48. The summed E-state index contributed by atoms with van der Waals surface area (Å²) in [6.45, 7) is 17.3. The Hall–Kier alpha value is -3.40. The molecule has 0 N–H and O–H groups in total. The van der Waals surface area contributed by atoms with Gasteiger partial charge in [0.25, 0.3) is 0 Å². The fraction of sp³-hybridized carbons (Fsp3) is 0.394. The summed E-state index contributed by atoms with van der Waals surface area (Å²) in [5, 5.41) is 0. The Morgan fingerprint density at radius 2 is 1.51 bits per heavy atom. The lowest BCUT2D eigenvalue weighted by molar-refractivity contribution is -0.191. The number of anilines is 1. The second-order valence-electron chi connectivity index (χ2n) is 12.8. The summed E-state index contributed by atoms with van der Waals surface area (Å²) in [6, 6.07) is 24.4. The van der Waals surface area contributed by atoms with Crippen LogP contribution in [0.3, 0.4) is 0 Å². The first-order chi connectivity index (χ1) is 18.2. The minimum Gasteiger partial charge on any atom is -0.440 e. The van der Waals surface area contributed by atoms with Crippen molar-refractivity contribution < 1.29 is 14.3 Å². The van der Waals surface area contributed by atoms with E-state index in [1.165, 1.54) is 0 Å². The molecule has 4 rings (SSSR count). The highest BCUT2D eigenvalue weighted by Gasteiger charge is 2.53. The number of amides is 1. The lowest BCUT2D eigenvalue weighted by Crippen LogP contribution is -2.61. The number of pyridine rings is 1. The van der Waals surface area contributed by atoms with E-state index in [-0.39, 0.29) is 5.41 Å². The van der Waals surface area contributed by atoms with Crippen LogP contribution in [0, 0.1) is 16.9 Å². The average Bonchev–Trinajstić information content (AvgIpc) is 2.87. The Balaban J connectivity index is 1.74. The van der Waals surface area contributed by atoms with E-state index in [0.717, 1.165) is 16.7 Å². The fourth-order valence-electron chi connectivity index (χ4n) is 4.96. The van der Waals surface area contributed by atoms with Crippen LogP contribution in [0.25, 0.3) is 0 Å². The van der Waals surface area contributed by atoms with Gasteiger partial charge in [-0.25, -0.2) is 9.78 Å². The molecular formula is C33H40N2O3Si. The van der Waals surface area contributed by atoms with E-state index in [0.29, 0.717) is 12.4 Å². The SMILES string of the molecule is CC1(C)OC(=O)N(c2ccc(C#C[Si](C)(C)C)cn2)C[C@@H]1OC(c1ccccc1)(c1ccccc1)C(C)(C)C. The van der Waals surface area contributed by atoms with Gasteiger partial charge in [0.05, 0.1) is 6.54 Å². The molecule has 0 radical (unpaired) electrons. The molecule has 5 nitrogen and oxygen atoms in total. The van der Waals surface area contributed by atoms with Crippen molar-refractivity contribution in [1.29, 1.82) is 0 Å². The third-order valence-electron chi connectivity index (χ3n) is 7.04. The van der Waals surface area contributed by atoms with E-state index < -0.39 is 31.5 Å². The Morgan fingerprint density at radius 3 is 1.97 bits per heavy atom. The Bertz CT molecular complexity index is 1310. The van der Waals surface area contributed by atoms with Crippen molar-refractivity contribution in [2.24, 2.45) is 5.41 Å². The Kier molecular flexibility index (Phi) is 7.80. The van der Waals surface area contributed by atoms with Crippen LogP contribution in [0.1, 0.15) is 51.3 Å². The zero-order valence-electron chi connectivity index (χ0n) is 24.4. The number of carbonyl (C=O) groups excluding carboxylic acids is 1. The van der Waals surface area contributed by atoms with Gasteiger partial charge in [0.15, 0.2) is 0 Å². The summed E-state index contributed by atoms with van der Waals surface area (Å²) in [5.41, 5.74) is 4.27. The minimum absolute atomic E-state index is 0.302. The lowest BCUT2D eigenvalue weighted by atomic mass is 9.67. The molecule has 2 aromatic carbocycles. The van der Waals surface area contributed by atoms with Gasteiger partial charge in [-0.05, 0) is 42.5 Å². The van der Waals surface area contributed by atoms with E-state index in [4.69, 9.17) is 9.47 Å². The summed E-state index contributed by atoms with van der Waals surface area (Å²) in [6.07, 6.45) is 0.829. The van der Waals surface area contributed by atoms with Gasteiger partial charge in [0.2, 0.25) is 0 Å². The predicted molar refractivity (Wildman–Crippen MR) is 160 cm³/mol. The number of benzene rings is 2. The molecule has 0 aliphatic carbocycles. The standard InChI is InChI=1S/C33H40N2O3Si/c1-31(2,3)33(26-15-11-9-12-16-26,27-17-13-10-14-18-27)37-28-24-35(30(36)38-32(28,4)5)29-20-19-25(23-34-29)21-22-39(6,7)8/h9-20,23,28H,24H2,1-8H3/t28-/m0/s1. The molecule has 2 heterocycles. The molecule has 1 atom stereocenters. The molecule has 204 valence electrons. The monoisotopic (exact) mass is 540 g/mol. The molecule has 0 unspecified atom stereocenters. The Labute approximate surface area is 234 Å². The first kappa shape index (κ1) is 28.6. The molecule has 0 bridgehead atoms. The summed E-state index contributed by atoms with van der Waals surface area (Å²) in [5.74, 6) is 3.74. The normalized spacial score (nSPS) is 17.7. The van der Waals surface area contributed by atoms with Crippen LogP contribution in [0.2, 0.25) is 19.6 Å². The van der Waals surface area contributed by atoms with Crippen LogP contribution in [-0.4, -0.2) is 37.4 Å². The second-order valence-corrected chi connectivity index (χ2v) is 17.5. The maximum absolute atomic E-state index is 13.2. The van der Waals surface area contributed by atoms with Crippen molar-refractivity contribution in [2.75, 3.05) is 11.4 Å². The first-order valence-corrected chi connectivity index (χ1v) is 17.0. The number of cyclic esters (lactones) is 1. The molecule has 1 aliphatic heterocycles. The maximum atomic E-state index is 13.2. The van der Waals surface area contributed by atoms with Crippen LogP contribution >= 0.6 is 0 Å². The van der Waals surface area contributed by atoms with Crippen LogP contribution < -0.4 is 4.90 Å². The highest BCUT2D eigenvalue weighted by Crippen LogP contribution is 2.50. The summed E-state index contributed by atoms with van der Waals surface area (Å²) < 4.78 is 13.3. The largest absolute Gasteiger partial charge is 0.440 e. The van der Waals surface area contributed by atoms with E-state index in [1.54, 1.807) is 11.1 Å². The van der Waals surface area contributed by atoms with Crippen molar-refractivity contribution in [2.45, 2.75) is 71.6 Å².